The molecule has 1 N–H and O–H groups in total. The van der Waals surface area contributed by atoms with Gasteiger partial charge in [0.05, 0.1) is 12.7 Å². The first-order valence-electron chi connectivity index (χ1n) is 5.11. The number of aryl methyl sites for hydroxylation is 1. The van der Waals surface area contributed by atoms with Crippen LogP contribution < -0.4 is 4.74 Å². The van der Waals surface area contributed by atoms with Crippen molar-refractivity contribution in [2.24, 2.45) is 0 Å². The first kappa shape index (κ1) is 9.53. The van der Waals surface area contributed by atoms with Crippen molar-refractivity contribution < 1.29 is 9.84 Å². The lowest BCUT2D eigenvalue weighted by Gasteiger charge is -2.14. The molecule has 1 atom stereocenters. The second kappa shape index (κ2) is 3.62. The van der Waals surface area contributed by atoms with E-state index in [-0.39, 0.29) is 6.10 Å². The summed E-state index contributed by atoms with van der Waals surface area (Å²) in [6.45, 7) is 4.83. The van der Waals surface area contributed by atoms with Crippen LogP contribution in [0.1, 0.15) is 35.6 Å². The van der Waals surface area contributed by atoms with Gasteiger partial charge in [0.25, 0.3) is 0 Å². The molecule has 1 aromatic rings. The number of aliphatic hydroxyl groups is 1. The Bertz CT molecular complexity index is 344. The second-order valence-electron chi connectivity index (χ2n) is 3.93. The van der Waals surface area contributed by atoms with Gasteiger partial charge in [0.2, 0.25) is 0 Å². The van der Waals surface area contributed by atoms with E-state index >= 15 is 0 Å². The molecular formula is C12H16O2. The van der Waals surface area contributed by atoms with E-state index in [1.807, 2.05) is 19.1 Å². The lowest BCUT2D eigenvalue weighted by molar-refractivity contribution is 0.167. The Hall–Kier alpha value is -1.02. The van der Waals surface area contributed by atoms with Crippen molar-refractivity contribution in [1.29, 1.82) is 0 Å². The molecule has 2 heteroatoms. The minimum atomic E-state index is -0.355. The summed E-state index contributed by atoms with van der Waals surface area (Å²) < 4.78 is 5.67. The van der Waals surface area contributed by atoms with Crippen LogP contribution in [0.25, 0.3) is 0 Å². The van der Waals surface area contributed by atoms with Crippen LogP contribution in [0.4, 0.5) is 0 Å². The van der Waals surface area contributed by atoms with Gasteiger partial charge in [0, 0.05) is 5.56 Å². The molecule has 76 valence electrons. The Labute approximate surface area is 84.5 Å². The second-order valence-corrected chi connectivity index (χ2v) is 3.93. The monoisotopic (exact) mass is 192 g/mol. The van der Waals surface area contributed by atoms with Crippen molar-refractivity contribution in [2.75, 3.05) is 6.61 Å². The fraction of sp³-hybridized carbons (Fsp3) is 0.500. The molecule has 0 aromatic heterocycles. The van der Waals surface area contributed by atoms with Gasteiger partial charge >= 0.3 is 0 Å². The van der Waals surface area contributed by atoms with Gasteiger partial charge in [-0.2, -0.15) is 0 Å². The zero-order chi connectivity index (χ0) is 10.1. The largest absolute Gasteiger partial charge is 0.493 e. The number of aliphatic hydroxyl groups excluding tert-OH is 1. The smallest absolute Gasteiger partial charge is 0.128 e. The number of fused-ring (bicyclic) bond motifs is 1. The van der Waals surface area contributed by atoms with E-state index in [4.69, 9.17) is 4.74 Å². The highest BCUT2D eigenvalue weighted by Crippen LogP contribution is 2.35. The van der Waals surface area contributed by atoms with Crippen molar-refractivity contribution in [1.82, 2.24) is 0 Å². The molecule has 0 spiro atoms. The Morgan fingerprint density at radius 3 is 2.93 bits per heavy atom. The Balaban J connectivity index is 2.53. The fourth-order valence-electron chi connectivity index (χ4n) is 1.87. The van der Waals surface area contributed by atoms with Gasteiger partial charge in [0.1, 0.15) is 5.75 Å². The standard InChI is InChI=1S/C12H16O2/c1-8-5-6-10-11(13)4-3-7-14-12(10)9(8)2/h5-6,11,13H,3-4,7H2,1-2H3/t11-/m0/s1. The van der Waals surface area contributed by atoms with Gasteiger partial charge < -0.3 is 9.84 Å². The van der Waals surface area contributed by atoms with Crippen LogP contribution in [-0.2, 0) is 0 Å². The van der Waals surface area contributed by atoms with Crippen LogP contribution >= 0.6 is 0 Å². The van der Waals surface area contributed by atoms with Crippen molar-refractivity contribution in [3.63, 3.8) is 0 Å². The lowest BCUT2D eigenvalue weighted by atomic mass is 9.99. The van der Waals surface area contributed by atoms with E-state index in [2.05, 4.69) is 6.92 Å². The van der Waals surface area contributed by atoms with Gasteiger partial charge in [-0.25, -0.2) is 0 Å². The zero-order valence-electron chi connectivity index (χ0n) is 8.71. The molecule has 0 aliphatic carbocycles. The van der Waals surface area contributed by atoms with Crippen LogP contribution in [0, 0.1) is 13.8 Å². The molecule has 0 unspecified atom stereocenters. The third kappa shape index (κ3) is 1.50. The Morgan fingerprint density at radius 2 is 2.14 bits per heavy atom. The molecule has 1 heterocycles. The molecule has 0 saturated heterocycles. The first-order valence-corrected chi connectivity index (χ1v) is 5.11. The number of hydrogen-bond acceptors (Lipinski definition) is 2. The van der Waals surface area contributed by atoms with Crippen molar-refractivity contribution in [3.05, 3.63) is 28.8 Å². The van der Waals surface area contributed by atoms with Gasteiger partial charge in [-0.05, 0) is 37.8 Å². The summed E-state index contributed by atoms with van der Waals surface area (Å²) in [6, 6.07) is 4.03. The highest BCUT2D eigenvalue weighted by molar-refractivity contribution is 5.46. The number of benzene rings is 1. The maximum absolute atomic E-state index is 9.88. The van der Waals surface area contributed by atoms with E-state index in [1.54, 1.807) is 0 Å². The summed E-state index contributed by atoms with van der Waals surface area (Å²) in [5.74, 6) is 0.898. The number of ether oxygens (including phenoxy) is 1. The quantitative estimate of drug-likeness (QED) is 0.684. The van der Waals surface area contributed by atoms with Gasteiger partial charge in [-0.15, -0.1) is 0 Å². The molecule has 0 radical (unpaired) electrons. The topological polar surface area (TPSA) is 29.5 Å². The van der Waals surface area contributed by atoms with Crippen LogP contribution in [0.3, 0.4) is 0 Å². The summed E-state index contributed by atoms with van der Waals surface area (Å²) in [6.07, 6.45) is 1.37. The van der Waals surface area contributed by atoms with E-state index in [0.29, 0.717) is 6.61 Å². The average molecular weight is 192 g/mol. The molecule has 0 fully saturated rings. The summed E-state index contributed by atoms with van der Waals surface area (Å²) >= 11 is 0. The summed E-state index contributed by atoms with van der Waals surface area (Å²) in [5.41, 5.74) is 3.33. The molecule has 2 rings (SSSR count). The van der Waals surface area contributed by atoms with E-state index in [9.17, 15) is 5.11 Å². The van der Waals surface area contributed by atoms with E-state index in [0.717, 1.165) is 29.7 Å². The average Bonchev–Trinajstić information content (AvgIpc) is 2.35. The summed E-state index contributed by atoms with van der Waals surface area (Å²) in [5, 5.41) is 9.88. The molecule has 14 heavy (non-hydrogen) atoms. The van der Waals surface area contributed by atoms with Crippen molar-refractivity contribution >= 4 is 0 Å². The Morgan fingerprint density at radius 1 is 1.36 bits per heavy atom. The minimum absolute atomic E-state index is 0.355. The molecule has 1 aliphatic rings. The molecule has 2 nitrogen and oxygen atoms in total. The highest BCUT2D eigenvalue weighted by atomic mass is 16.5. The third-order valence-electron chi connectivity index (χ3n) is 2.93. The first-order chi connectivity index (χ1) is 6.70. The van der Waals surface area contributed by atoms with Crippen molar-refractivity contribution in [3.8, 4) is 5.75 Å². The summed E-state index contributed by atoms with van der Waals surface area (Å²) in [4.78, 5) is 0. The van der Waals surface area contributed by atoms with Gasteiger partial charge in [-0.1, -0.05) is 12.1 Å². The normalized spacial score (nSPS) is 20.9. The SMILES string of the molecule is Cc1ccc2c(c1C)OCCC[C@@H]2O. The molecule has 1 aromatic carbocycles. The van der Waals surface area contributed by atoms with Crippen LogP contribution in [0.15, 0.2) is 12.1 Å². The maximum atomic E-state index is 9.88. The van der Waals surface area contributed by atoms with Crippen LogP contribution in [0.5, 0.6) is 5.75 Å². The van der Waals surface area contributed by atoms with E-state index in [1.165, 1.54) is 5.56 Å². The fourth-order valence-corrected chi connectivity index (χ4v) is 1.87. The van der Waals surface area contributed by atoms with Gasteiger partial charge in [-0.3, -0.25) is 0 Å². The number of hydrogen-bond donors (Lipinski definition) is 1. The summed E-state index contributed by atoms with van der Waals surface area (Å²) in [7, 11) is 0. The third-order valence-corrected chi connectivity index (χ3v) is 2.93. The predicted molar refractivity (Wildman–Crippen MR) is 55.6 cm³/mol. The number of rotatable bonds is 0. The maximum Gasteiger partial charge on any atom is 0.128 e. The minimum Gasteiger partial charge on any atom is -0.493 e. The van der Waals surface area contributed by atoms with Gasteiger partial charge in [0.15, 0.2) is 0 Å². The Kier molecular flexibility index (Phi) is 2.46. The van der Waals surface area contributed by atoms with Crippen LogP contribution in [-0.4, -0.2) is 11.7 Å². The molecule has 0 bridgehead atoms. The molecule has 0 saturated carbocycles. The molecule has 1 aliphatic heterocycles. The van der Waals surface area contributed by atoms with Crippen LogP contribution in [0.2, 0.25) is 0 Å². The molecule has 0 amide bonds. The van der Waals surface area contributed by atoms with E-state index < -0.39 is 0 Å². The highest BCUT2D eigenvalue weighted by Gasteiger charge is 2.19. The lowest BCUT2D eigenvalue weighted by Crippen LogP contribution is -1.99. The zero-order valence-corrected chi connectivity index (χ0v) is 8.71. The molecular weight excluding hydrogens is 176 g/mol. The van der Waals surface area contributed by atoms with Crippen molar-refractivity contribution in [2.45, 2.75) is 32.8 Å². The predicted octanol–water partition coefficient (Wildman–Crippen LogP) is 2.51.